The van der Waals surface area contributed by atoms with Gasteiger partial charge in [0.2, 0.25) is 0 Å². The van der Waals surface area contributed by atoms with E-state index in [0.717, 1.165) is 12.8 Å². The number of hydrogen-bond donors (Lipinski definition) is 0. The summed E-state index contributed by atoms with van der Waals surface area (Å²) in [6.45, 7) is 4.45. The highest BCUT2D eigenvalue weighted by atomic mass is 35.5. The summed E-state index contributed by atoms with van der Waals surface area (Å²) in [7, 11) is -1.82. The largest absolute Gasteiger partial charge is 0.383 e. The van der Waals surface area contributed by atoms with E-state index < -0.39 is 10.2 Å². The van der Waals surface area contributed by atoms with Crippen molar-refractivity contribution in [2.45, 2.75) is 19.8 Å². The molecule has 1 saturated heterocycles. The molecular formula is C11H23ClN2O3S. The van der Waals surface area contributed by atoms with E-state index in [9.17, 15) is 8.42 Å². The Balaban J connectivity index is 2.68. The Morgan fingerprint density at radius 3 is 2.44 bits per heavy atom. The number of methoxy groups -OCH3 is 1. The Labute approximate surface area is 115 Å². The monoisotopic (exact) mass is 298 g/mol. The fourth-order valence-electron chi connectivity index (χ4n) is 2.01. The number of ether oxygens (including phenoxy) is 1. The molecule has 0 aromatic carbocycles. The quantitative estimate of drug-likeness (QED) is 0.663. The summed E-state index contributed by atoms with van der Waals surface area (Å²) < 4.78 is 32.8. The van der Waals surface area contributed by atoms with Crippen molar-refractivity contribution in [3.8, 4) is 0 Å². The standard InChI is InChI=1S/C11H23ClN2O3S/c1-11-3-6-13(7-4-11)18(15,16)14(8-5-12)9-10-17-2/h11H,3-10H2,1-2H3. The lowest BCUT2D eigenvalue weighted by atomic mass is 10.0. The molecule has 7 heteroatoms. The summed E-state index contributed by atoms with van der Waals surface area (Å²) in [4.78, 5) is 0. The lowest BCUT2D eigenvalue weighted by Crippen LogP contribution is -2.48. The van der Waals surface area contributed by atoms with Gasteiger partial charge in [-0.2, -0.15) is 17.0 Å². The predicted octanol–water partition coefficient (Wildman–Crippen LogP) is 1.15. The molecule has 0 atom stereocenters. The van der Waals surface area contributed by atoms with E-state index in [1.54, 1.807) is 11.4 Å². The Hall–Kier alpha value is 0.120. The van der Waals surface area contributed by atoms with Gasteiger partial charge in [0.05, 0.1) is 6.61 Å². The number of alkyl halides is 1. The molecule has 0 saturated carbocycles. The van der Waals surface area contributed by atoms with Crippen molar-refractivity contribution < 1.29 is 13.2 Å². The number of piperidine rings is 1. The van der Waals surface area contributed by atoms with E-state index in [1.165, 1.54) is 4.31 Å². The molecule has 0 aromatic rings. The minimum absolute atomic E-state index is 0.299. The third-order valence-electron chi connectivity index (χ3n) is 3.27. The Morgan fingerprint density at radius 1 is 1.33 bits per heavy atom. The number of halogens is 1. The van der Waals surface area contributed by atoms with Crippen molar-refractivity contribution in [3.05, 3.63) is 0 Å². The molecule has 0 N–H and O–H groups in total. The molecule has 18 heavy (non-hydrogen) atoms. The highest BCUT2D eigenvalue weighted by molar-refractivity contribution is 7.86. The van der Waals surface area contributed by atoms with Crippen LogP contribution in [0.2, 0.25) is 0 Å². The molecular weight excluding hydrogens is 276 g/mol. The van der Waals surface area contributed by atoms with E-state index >= 15 is 0 Å². The van der Waals surface area contributed by atoms with E-state index in [1.807, 2.05) is 0 Å². The zero-order valence-electron chi connectivity index (χ0n) is 11.1. The topological polar surface area (TPSA) is 49.9 Å². The van der Waals surface area contributed by atoms with Crippen molar-refractivity contribution in [2.75, 3.05) is 45.8 Å². The molecule has 1 heterocycles. The smallest absolute Gasteiger partial charge is 0.282 e. The van der Waals surface area contributed by atoms with Crippen molar-refractivity contribution >= 4 is 21.8 Å². The zero-order valence-corrected chi connectivity index (χ0v) is 12.7. The van der Waals surface area contributed by atoms with Crippen molar-refractivity contribution in [3.63, 3.8) is 0 Å². The zero-order chi connectivity index (χ0) is 13.6. The molecule has 1 aliphatic heterocycles. The van der Waals surface area contributed by atoms with Crippen LogP contribution in [-0.4, -0.2) is 62.8 Å². The van der Waals surface area contributed by atoms with Gasteiger partial charge in [0.25, 0.3) is 10.2 Å². The van der Waals surface area contributed by atoms with Crippen molar-refractivity contribution in [2.24, 2.45) is 5.92 Å². The average molecular weight is 299 g/mol. The second-order valence-corrected chi connectivity index (χ2v) is 6.98. The van der Waals surface area contributed by atoms with Crippen LogP contribution in [0.1, 0.15) is 19.8 Å². The van der Waals surface area contributed by atoms with Gasteiger partial charge in [0.15, 0.2) is 0 Å². The summed E-state index contributed by atoms with van der Waals surface area (Å²) in [6.07, 6.45) is 1.86. The van der Waals surface area contributed by atoms with Gasteiger partial charge in [0.1, 0.15) is 0 Å². The lowest BCUT2D eigenvalue weighted by molar-refractivity contribution is 0.175. The summed E-state index contributed by atoms with van der Waals surface area (Å²) in [5.41, 5.74) is 0. The van der Waals surface area contributed by atoms with Crippen LogP contribution in [0.4, 0.5) is 0 Å². The SMILES string of the molecule is COCCN(CCCl)S(=O)(=O)N1CCC(C)CC1. The molecule has 5 nitrogen and oxygen atoms in total. The number of nitrogens with zero attached hydrogens (tertiary/aromatic N) is 2. The van der Waals surface area contributed by atoms with Gasteiger partial charge in [-0.1, -0.05) is 6.92 Å². The summed E-state index contributed by atoms with van der Waals surface area (Å²) in [6, 6.07) is 0. The Morgan fingerprint density at radius 2 is 1.94 bits per heavy atom. The van der Waals surface area contributed by atoms with Crippen molar-refractivity contribution in [1.29, 1.82) is 0 Å². The van der Waals surface area contributed by atoms with Crippen LogP contribution in [0.15, 0.2) is 0 Å². The second kappa shape index (κ2) is 7.65. The van der Waals surface area contributed by atoms with Crippen LogP contribution in [0, 0.1) is 5.92 Å². The molecule has 108 valence electrons. The Bertz CT molecular complexity index is 329. The lowest BCUT2D eigenvalue weighted by Gasteiger charge is -2.33. The number of rotatable bonds is 7. The van der Waals surface area contributed by atoms with Gasteiger partial charge < -0.3 is 4.74 Å². The molecule has 1 rings (SSSR count). The molecule has 1 aliphatic rings. The average Bonchev–Trinajstić information content (AvgIpc) is 2.35. The second-order valence-electron chi connectivity index (χ2n) is 4.67. The van der Waals surface area contributed by atoms with E-state index in [4.69, 9.17) is 16.3 Å². The van der Waals surface area contributed by atoms with Gasteiger partial charge in [-0.05, 0) is 18.8 Å². The fourth-order valence-corrected chi connectivity index (χ4v) is 3.94. The Kier molecular flexibility index (Phi) is 6.87. The molecule has 1 fully saturated rings. The van der Waals surface area contributed by atoms with Gasteiger partial charge in [-0.3, -0.25) is 0 Å². The first-order valence-electron chi connectivity index (χ1n) is 6.32. The van der Waals surface area contributed by atoms with Crippen LogP contribution in [0.5, 0.6) is 0 Å². The van der Waals surface area contributed by atoms with Crippen molar-refractivity contribution in [1.82, 2.24) is 8.61 Å². The molecule has 0 bridgehead atoms. The summed E-state index contributed by atoms with van der Waals surface area (Å²) in [5.74, 6) is 0.907. The molecule has 0 aromatic heterocycles. The maximum Gasteiger partial charge on any atom is 0.282 e. The van der Waals surface area contributed by atoms with Gasteiger partial charge in [-0.15, -0.1) is 11.6 Å². The highest BCUT2D eigenvalue weighted by Gasteiger charge is 2.31. The molecule has 0 radical (unpaired) electrons. The number of hydrogen-bond acceptors (Lipinski definition) is 3. The molecule has 0 spiro atoms. The van der Waals surface area contributed by atoms with Crippen LogP contribution < -0.4 is 0 Å². The van der Waals surface area contributed by atoms with Gasteiger partial charge in [-0.25, -0.2) is 0 Å². The van der Waals surface area contributed by atoms with E-state index in [0.29, 0.717) is 44.6 Å². The van der Waals surface area contributed by atoms with Crippen LogP contribution in [0.25, 0.3) is 0 Å². The first kappa shape index (κ1) is 16.2. The highest BCUT2D eigenvalue weighted by Crippen LogP contribution is 2.20. The van der Waals surface area contributed by atoms with Crippen LogP contribution in [-0.2, 0) is 14.9 Å². The van der Waals surface area contributed by atoms with E-state index in [-0.39, 0.29) is 0 Å². The molecule has 0 amide bonds. The summed E-state index contributed by atoms with van der Waals surface area (Å²) in [5, 5.41) is 0. The van der Waals surface area contributed by atoms with Crippen LogP contribution in [0.3, 0.4) is 0 Å². The van der Waals surface area contributed by atoms with Crippen LogP contribution >= 0.6 is 11.6 Å². The predicted molar refractivity (Wildman–Crippen MR) is 73.1 cm³/mol. The third kappa shape index (κ3) is 4.35. The van der Waals surface area contributed by atoms with Gasteiger partial charge >= 0.3 is 0 Å². The maximum absolute atomic E-state index is 12.4. The first-order valence-corrected chi connectivity index (χ1v) is 8.25. The van der Waals surface area contributed by atoms with Gasteiger partial charge in [0, 0.05) is 39.2 Å². The van der Waals surface area contributed by atoms with E-state index in [2.05, 4.69) is 6.92 Å². The third-order valence-corrected chi connectivity index (χ3v) is 5.48. The fraction of sp³-hybridized carbons (Fsp3) is 1.00. The minimum atomic E-state index is -3.38. The maximum atomic E-state index is 12.4. The first-order chi connectivity index (χ1) is 8.52. The minimum Gasteiger partial charge on any atom is -0.383 e. The summed E-state index contributed by atoms with van der Waals surface area (Å²) >= 11 is 5.68. The molecule has 0 aliphatic carbocycles. The molecule has 0 unspecified atom stereocenters. The normalized spacial score (nSPS) is 19.6.